The van der Waals surface area contributed by atoms with Crippen LogP contribution in [0.5, 0.6) is 0 Å². The Kier molecular flexibility index (Phi) is 4.99. The first-order chi connectivity index (χ1) is 15.0. The van der Waals surface area contributed by atoms with Crippen molar-refractivity contribution >= 4 is 46.1 Å². The summed E-state index contributed by atoms with van der Waals surface area (Å²) in [7, 11) is 0. The van der Waals surface area contributed by atoms with E-state index >= 15 is 0 Å². The van der Waals surface area contributed by atoms with E-state index in [9.17, 15) is 9.59 Å². The van der Waals surface area contributed by atoms with E-state index in [4.69, 9.17) is 11.6 Å². The topological polar surface area (TPSA) is 94.7 Å². The molecule has 1 aromatic carbocycles. The highest BCUT2D eigenvalue weighted by Gasteiger charge is 2.29. The smallest absolute Gasteiger partial charge is 0.265 e. The van der Waals surface area contributed by atoms with Crippen LogP contribution in [0.3, 0.4) is 0 Å². The highest BCUT2D eigenvalue weighted by Crippen LogP contribution is 2.33. The minimum atomic E-state index is -0.284. The van der Waals surface area contributed by atoms with E-state index in [0.717, 1.165) is 11.3 Å². The third kappa shape index (κ3) is 3.70. The molecule has 0 saturated heterocycles. The Balaban J connectivity index is 1.44. The summed E-state index contributed by atoms with van der Waals surface area (Å²) < 4.78 is 3.22. The average molecular weight is 453 g/mol. The molecule has 0 fully saturated rings. The van der Waals surface area contributed by atoms with Crippen LogP contribution < -0.4 is 10.9 Å². The molecule has 0 saturated carbocycles. The second-order valence-electron chi connectivity index (χ2n) is 7.28. The second kappa shape index (κ2) is 7.82. The molecule has 1 amide bonds. The van der Waals surface area contributed by atoms with Gasteiger partial charge in [0.05, 0.1) is 17.9 Å². The van der Waals surface area contributed by atoms with Crippen LogP contribution in [-0.2, 0) is 4.79 Å². The van der Waals surface area contributed by atoms with Crippen molar-refractivity contribution in [3.8, 4) is 5.69 Å². The zero-order valence-electron chi connectivity index (χ0n) is 16.4. The summed E-state index contributed by atoms with van der Waals surface area (Å²) in [5.74, 6) is 0.902. The quantitative estimate of drug-likeness (QED) is 0.475. The fraction of sp³-hybridized carbons (Fsp3) is 0.190. The second-order valence-corrected chi connectivity index (χ2v) is 8.70. The maximum Gasteiger partial charge on any atom is 0.265 e. The molecule has 31 heavy (non-hydrogen) atoms. The average Bonchev–Trinajstić information content (AvgIpc) is 3.34. The van der Waals surface area contributed by atoms with Gasteiger partial charge in [-0.1, -0.05) is 23.4 Å². The normalized spacial score (nSPS) is 15.2. The summed E-state index contributed by atoms with van der Waals surface area (Å²) in [6.45, 7) is 1.93. The first kappa shape index (κ1) is 19.8. The van der Waals surface area contributed by atoms with Crippen LogP contribution in [0.25, 0.3) is 16.7 Å². The van der Waals surface area contributed by atoms with Crippen molar-refractivity contribution in [1.82, 2.24) is 24.3 Å². The zero-order chi connectivity index (χ0) is 21.5. The Bertz CT molecular complexity index is 1360. The molecule has 0 bridgehead atoms. The van der Waals surface area contributed by atoms with Gasteiger partial charge in [0.2, 0.25) is 5.91 Å². The molecule has 1 unspecified atom stereocenters. The fourth-order valence-electron chi connectivity index (χ4n) is 3.56. The number of hydrogen-bond donors (Lipinski definition) is 1. The lowest BCUT2D eigenvalue weighted by molar-refractivity contribution is -0.116. The molecule has 0 radical (unpaired) electrons. The molecule has 1 N–H and O–H groups in total. The highest BCUT2D eigenvalue weighted by molar-refractivity contribution is 7.99. The number of aromatic nitrogens is 5. The van der Waals surface area contributed by atoms with Gasteiger partial charge in [-0.3, -0.25) is 14.2 Å². The lowest BCUT2D eigenvalue weighted by Crippen LogP contribution is -2.28. The Morgan fingerprint density at radius 1 is 1.29 bits per heavy atom. The standard InChI is InChI=1S/C21H17ClN6O2S/c1-12-6-7-23-17(8-12)25-18(29)9-15-11-31-21-26-19-16(20(30)27(15)21)10-24-28(19)14-4-2-13(22)3-5-14/h2-8,10,15H,9,11H2,1H3,(H,23,25,29). The highest BCUT2D eigenvalue weighted by atomic mass is 35.5. The van der Waals surface area contributed by atoms with Gasteiger partial charge in [0.1, 0.15) is 11.2 Å². The van der Waals surface area contributed by atoms with Gasteiger partial charge in [-0.2, -0.15) is 5.10 Å². The summed E-state index contributed by atoms with van der Waals surface area (Å²) in [5, 5.41) is 8.76. The molecular weight excluding hydrogens is 436 g/mol. The van der Waals surface area contributed by atoms with E-state index in [1.54, 1.807) is 33.6 Å². The third-order valence-electron chi connectivity index (χ3n) is 5.05. The predicted octanol–water partition coefficient (Wildman–Crippen LogP) is 3.61. The molecular formula is C21H17ClN6O2S. The molecule has 156 valence electrons. The number of rotatable bonds is 4. The van der Waals surface area contributed by atoms with Gasteiger partial charge in [0.15, 0.2) is 10.8 Å². The van der Waals surface area contributed by atoms with Crippen molar-refractivity contribution in [1.29, 1.82) is 0 Å². The molecule has 8 nitrogen and oxygen atoms in total. The van der Waals surface area contributed by atoms with E-state index in [1.807, 2.05) is 25.1 Å². The van der Waals surface area contributed by atoms with Gasteiger partial charge < -0.3 is 5.32 Å². The molecule has 1 aliphatic rings. The number of carbonyl (C=O) groups is 1. The Morgan fingerprint density at radius 3 is 2.87 bits per heavy atom. The molecule has 5 rings (SSSR count). The van der Waals surface area contributed by atoms with Crippen molar-refractivity contribution in [2.75, 3.05) is 11.1 Å². The van der Waals surface area contributed by atoms with Crippen molar-refractivity contribution in [2.45, 2.75) is 24.5 Å². The molecule has 4 heterocycles. The summed E-state index contributed by atoms with van der Waals surface area (Å²) >= 11 is 7.43. The van der Waals surface area contributed by atoms with E-state index in [0.29, 0.717) is 32.8 Å². The molecule has 3 aromatic heterocycles. The van der Waals surface area contributed by atoms with Crippen LogP contribution >= 0.6 is 23.4 Å². The van der Waals surface area contributed by atoms with Gasteiger partial charge in [-0.05, 0) is 48.9 Å². The number of thioether (sulfide) groups is 1. The number of aryl methyl sites for hydroxylation is 1. The number of halogens is 1. The molecule has 0 spiro atoms. The zero-order valence-corrected chi connectivity index (χ0v) is 18.0. The first-order valence-electron chi connectivity index (χ1n) is 9.61. The van der Waals surface area contributed by atoms with Crippen LogP contribution in [0, 0.1) is 6.92 Å². The third-order valence-corrected chi connectivity index (χ3v) is 6.40. The molecule has 4 aromatic rings. The molecule has 1 aliphatic heterocycles. The number of nitrogens with one attached hydrogen (secondary N) is 1. The number of carbonyl (C=O) groups excluding carboxylic acids is 1. The lowest BCUT2D eigenvalue weighted by Gasteiger charge is -2.13. The molecule has 1 atom stereocenters. The Morgan fingerprint density at radius 2 is 2.10 bits per heavy atom. The van der Waals surface area contributed by atoms with Gasteiger partial charge in [0.25, 0.3) is 5.56 Å². The van der Waals surface area contributed by atoms with Crippen LogP contribution in [0.15, 0.2) is 58.7 Å². The minimum Gasteiger partial charge on any atom is -0.311 e. The molecule has 10 heteroatoms. The fourth-order valence-corrected chi connectivity index (χ4v) is 4.82. The summed E-state index contributed by atoms with van der Waals surface area (Å²) in [6, 6.07) is 10.5. The van der Waals surface area contributed by atoms with Crippen LogP contribution in [0.2, 0.25) is 5.02 Å². The summed E-state index contributed by atoms with van der Waals surface area (Å²) in [5.41, 5.74) is 2.06. The van der Waals surface area contributed by atoms with Crippen LogP contribution in [-0.4, -0.2) is 36.0 Å². The Hall–Kier alpha value is -3.17. The van der Waals surface area contributed by atoms with E-state index < -0.39 is 0 Å². The van der Waals surface area contributed by atoms with Crippen molar-refractivity contribution < 1.29 is 4.79 Å². The lowest BCUT2D eigenvalue weighted by atomic mass is 10.2. The number of hydrogen-bond acceptors (Lipinski definition) is 6. The first-order valence-corrected chi connectivity index (χ1v) is 11.0. The maximum atomic E-state index is 13.2. The summed E-state index contributed by atoms with van der Waals surface area (Å²) in [4.78, 5) is 34.6. The van der Waals surface area contributed by atoms with E-state index in [2.05, 4.69) is 20.4 Å². The van der Waals surface area contributed by atoms with E-state index in [1.165, 1.54) is 18.0 Å². The van der Waals surface area contributed by atoms with Crippen LogP contribution in [0.1, 0.15) is 18.0 Å². The van der Waals surface area contributed by atoms with Crippen molar-refractivity contribution in [3.05, 3.63) is 69.7 Å². The van der Waals surface area contributed by atoms with Gasteiger partial charge >= 0.3 is 0 Å². The van der Waals surface area contributed by atoms with Gasteiger partial charge in [-0.25, -0.2) is 14.6 Å². The number of anilines is 1. The minimum absolute atomic E-state index is 0.161. The van der Waals surface area contributed by atoms with Gasteiger partial charge in [0, 0.05) is 23.4 Å². The largest absolute Gasteiger partial charge is 0.311 e. The van der Waals surface area contributed by atoms with E-state index in [-0.39, 0.29) is 23.9 Å². The number of benzene rings is 1. The van der Waals surface area contributed by atoms with Crippen molar-refractivity contribution in [2.24, 2.45) is 0 Å². The number of nitrogens with zero attached hydrogens (tertiary/aromatic N) is 5. The van der Waals surface area contributed by atoms with Gasteiger partial charge in [-0.15, -0.1) is 0 Å². The van der Waals surface area contributed by atoms with Crippen molar-refractivity contribution in [3.63, 3.8) is 0 Å². The Labute approximate surface area is 186 Å². The summed E-state index contributed by atoms with van der Waals surface area (Å²) in [6.07, 6.45) is 3.33. The maximum absolute atomic E-state index is 13.2. The monoisotopic (exact) mass is 452 g/mol. The number of amides is 1. The van der Waals surface area contributed by atoms with Crippen LogP contribution in [0.4, 0.5) is 5.82 Å². The number of fused-ring (bicyclic) bond motifs is 2. The number of pyridine rings is 1. The molecule has 0 aliphatic carbocycles. The predicted molar refractivity (Wildman–Crippen MR) is 120 cm³/mol. The SMILES string of the molecule is Cc1ccnc(NC(=O)CC2CSc3nc4c(cnn4-c4ccc(Cl)cc4)c(=O)n32)c1.